The molecular weight excluding hydrogens is 142 g/mol. The van der Waals surface area contributed by atoms with Gasteiger partial charge in [0.05, 0.1) is 5.60 Å². The molecule has 0 radical (unpaired) electrons. The van der Waals surface area contributed by atoms with Crippen molar-refractivity contribution in [3.63, 3.8) is 0 Å². The molecule has 1 N–H and O–H groups in total. The highest BCUT2D eigenvalue weighted by Gasteiger charge is 2.28. The van der Waals surface area contributed by atoms with Crippen molar-refractivity contribution in [2.24, 2.45) is 5.11 Å². The van der Waals surface area contributed by atoms with Crippen LogP contribution < -0.4 is 0 Å². The minimum atomic E-state index is -0.614. The molecule has 4 heteroatoms. The van der Waals surface area contributed by atoms with Crippen LogP contribution in [-0.4, -0.2) is 16.7 Å². The third-order valence-corrected chi connectivity index (χ3v) is 2.14. The van der Waals surface area contributed by atoms with E-state index in [1.54, 1.807) is 6.92 Å². The van der Waals surface area contributed by atoms with Crippen molar-refractivity contribution in [2.45, 2.75) is 44.2 Å². The summed E-state index contributed by atoms with van der Waals surface area (Å²) < 4.78 is 0. The normalized spacial score (nSPS) is 37.8. The Kier molecular flexibility index (Phi) is 2.37. The molecule has 0 saturated heterocycles. The molecule has 0 heterocycles. The average molecular weight is 155 g/mol. The van der Waals surface area contributed by atoms with Gasteiger partial charge in [-0.3, -0.25) is 0 Å². The fourth-order valence-electron chi connectivity index (χ4n) is 1.60. The van der Waals surface area contributed by atoms with Crippen LogP contribution in [-0.2, 0) is 0 Å². The quantitative estimate of drug-likeness (QED) is 0.351. The standard InChI is InChI=1S/C7H13N3O/c1-7(11)4-2-3-6(5-7)9-10-8/h6,11H,2-5H2,1H3. The van der Waals surface area contributed by atoms with Gasteiger partial charge in [0, 0.05) is 11.0 Å². The van der Waals surface area contributed by atoms with Crippen LogP contribution in [0.4, 0.5) is 0 Å². The summed E-state index contributed by atoms with van der Waals surface area (Å²) >= 11 is 0. The first kappa shape index (κ1) is 8.37. The molecule has 4 nitrogen and oxygen atoms in total. The lowest BCUT2D eigenvalue weighted by Crippen LogP contribution is -2.33. The molecule has 11 heavy (non-hydrogen) atoms. The monoisotopic (exact) mass is 155 g/mol. The largest absolute Gasteiger partial charge is 0.390 e. The van der Waals surface area contributed by atoms with Gasteiger partial charge in [0.25, 0.3) is 0 Å². The molecule has 0 aliphatic heterocycles. The molecule has 62 valence electrons. The van der Waals surface area contributed by atoms with Gasteiger partial charge in [0.2, 0.25) is 0 Å². The Hall–Kier alpha value is -0.730. The Morgan fingerprint density at radius 3 is 3.00 bits per heavy atom. The molecular formula is C7H13N3O. The number of rotatable bonds is 1. The van der Waals surface area contributed by atoms with Crippen molar-refractivity contribution < 1.29 is 5.11 Å². The summed E-state index contributed by atoms with van der Waals surface area (Å²) in [4.78, 5) is 2.74. The van der Waals surface area contributed by atoms with E-state index in [2.05, 4.69) is 10.0 Å². The lowest BCUT2D eigenvalue weighted by Gasteiger charge is -2.31. The first-order valence-electron chi connectivity index (χ1n) is 3.91. The minimum absolute atomic E-state index is 0.00347. The van der Waals surface area contributed by atoms with Crippen molar-refractivity contribution in [1.29, 1.82) is 0 Å². The smallest absolute Gasteiger partial charge is 0.0623 e. The molecule has 0 bridgehead atoms. The van der Waals surface area contributed by atoms with E-state index in [1.807, 2.05) is 0 Å². The average Bonchev–Trinajstić information content (AvgIpc) is 1.85. The van der Waals surface area contributed by atoms with E-state index in [-0.39, 0.29) is 6.04 Å². The zero-order valence-corrected chi connectivity index (χ0v) is 6.69. The third kappa shape index (κ3) is 2.41. The van der Waals surface area contributed by atoms with Crippen LogP contribution in [0, 0.1) is 0 Å². The van der Waals surface area contributed by atoms with Crippen LogP contribution in [0.15, 0.2) is 5.11 Å². The number of azide groups is 1. The molecule has 1 saturated carbocycles. The molecule has 1 rings (SSSR count). The first-order chi connectivity index (χ1) is 5.14. The zero-order valence-electron chi connectivity index (χ0n) is 6.69. The van der Waals surface area contributed by atoms with E-state index in [0.29, 0.717) is 6.42 Å². The second kappa shape index (κ2) is 3.11. The number of aliphatic hydroxyl groups is 1. The maximum atomic E-state index is 9.59. The molecule has 1 aliphatic carbocycles. The number of hydrogen-bond acceptors (Lipinski definition) is 2. The van der Waals surface area contributed by atoms with Gasteiger partial charge < -0.3 is 5.11 Å². The fraction of sp³-hybridized carbons (Fsp3) is 1.00. The predicted molar refractivity (Wildman–Crippen MR) is 42.0 cm³/mol. The van der Waals surface area contributed by atoms with Gasteiger partial charge in [-0.2, -0.15) is 0 Å². The Morgan fingerprint density at radius 1 is 1.73 bits per heavy atom. The lowest BCUT2D eigenvalue weighted by molar-refractivity contribution is 0.0157. The summed E-state index contributed by atoms with van der Waals surface area (Å²) in [5.41, 5.74) is 7.55. The zero-order chi connectivity index (χ0) is 8.32. The summed E-state index contributed by atoms with van der Waals surface area (Å²) in [5, 5.41) is 13.2. The van der Waals surface area contributed by atoms with Gasteiger partial charge in [-0.05, 0) is 31.7 Å². The highest BCUT2D eigenvalue weighted by Crippen LogP contribution is 2.29. The predicted octanol–water partition coefficient (Wildman–Crippen LogP) is 1.99. The molecule has 2 atom stereocenters. The second-order valence-electron chi connectivity index (χ2n) is 3.45. The second-order valence-corrected chi connectivity index (χ2v) is 3.45. The highest BCUT2D eigenvalue weighted by molar-refractivity contribution is 4.85. The van der Waals surface area contributed by atoms with Gasteiger partial charge in [0.1, 0.15) is 0 Å². The van der Waals surface area contributed by atoms with Crippen LogP contribution in [0.1, 0.15) is 32.6 Å². The Morgan fingerprint density at radius 2 is 2.45 bits per heavy atom. The van der Waals surface area contributed by atoms with Gasteiger partial charge in [-0.1, -0.05) is 11.5 Å². The van der Waals surface area contributed by atoms with Gasteiger partial charge in [0.15, 0.2) is 0 Å². The SMILES string of the molecule is CC1(O)CCCC(N=[N+]=[N-])C1. The van der Waals surface area contributed by atoms with Gasteiger partial charge >= 0.3 is 0 Å². The van der Waals surface area contributed by atoms with E-state index in [4.69, 9.17) is 5.53 Å². The summed E-state index contributed by atoms with van der Waals surface area (Å²) in [6, 6.07) is 0.00347. The first-order valence-corrected chi connectivity index (χ1v) is 3.91. The van der Waals surface area contributed by atoms with E-state index in [0.717, 1.165) is 19.3 Å². The van der Waals surface area contributed by atoms with Crippen LogP contribution in [0.5, 0.6) is 0 Å². The number of hydrogen-bond donors (Lipinski definition) is 1. The van der Waals surface area contributed by atoms with Crippen LogP contribution in [0.2, 0.25) is 0 Å². The van der Waals surface area contributed by atoms with Crippen molar-refractivity contribution in [3.8, 4) is 0 Å². The van der Waals surface area contributed by atoms with Crippen molar-refractivity contribution in [1.82, 2.24) is 0 Å². The van der Waals surface area contributed by atoms with Crippen molar-refractivity contribution in [2.75, 3.05) is 0 Å². The lowest BCUT2D eigenvalue weighted by atomic mass is 9.84. The maximum Gasteiger partial charge on any atom is 0.0623 e. The van der Waals surface area contributed by atoms with Crippen LogP contribution >= 0.6 is 0 Å². The Bertz CT molecular complexity index is 184. The van der Waals surface area contributed by atoms with Gasteiger partial charge in [-0.15, -0.1) is 0 Å². The Labute approximate surface area is 65.9 Å². The van der Waals surface area contributed by atoms with E-state index < -0.39 is 5.60 Å². The summed E-state index contributed by atoms with van der Waals surface area (Å²) in [7, 11) is 0. The highest BCUT2D eigenvalue weighted by atomic mass is 16.3. The fourth-order valence-corrected chi connectivity index (χ4v) is 1.60. The van der Waals surface area contributed by atoms with Crippen molar-refractivity contribution in [3.05, 3.63) is 10.4 Å². The molecule has 1 fully saturated rings. The molecule has 1 aliphatic rings. The summed E-state index contributed by atoms with van der Waals surface area (Å²) in [5.74, 6) is 0. The molecule has 2 unspecified atom stereocenters. The molecule has 0 aromatic carbocycles. The molecule has 0 aromatic heterocycles. The minimum Gasteiger partial charge on any atom is -0.390 e. The van der Waals surface area contributed by atoms with Crippen molar-refractivity contribution >= 4 is 0 Å². The number of nitrogens with zero attached hydrogens (tertiary/aromatic N) is 3. The maximum absolute atomic E-state index is 9.59. The Balaban J connectivity index is 2.52. The van der Waals surface area contributed by atoms with Gasteiger partial charge in [-0.25, -0.2) is 0 Å². The molecule has 0 spiro atoms. The third-order valence-electron chi connectivity index (χ3n) is 2.14. The molecule has 0 aromatic rings. The topological polar surface area (TPSA) is 69.0 Å². The van der Waals surface area contributed by atoms with E-state index >= 15 is 0 Å². The molecule has 0 amide bonds. The van der Waals surface area contributed by atoms with E-state index in [1.165, 1.54) is 0 Å². The van der Waals surface area contributed by atoms with E-state index in [9.17, 15) is 5.11 Å². The summed E-state index contributed by atoms with van der Waals surface area (Å²) in [6.07, 6.45) is 3.30. The van der Waals surface area contributed by atoms with Crippen LogP contribution in [0.3, 0.4) is 0 Å². The van der Waals surface area contributed by atoms with Crippen LogP contribution in [0.25, 0.3) is 10.4 Å². The summed E-state index contributed by atoms with van der Waals surface area (Å²) in [6.45, 7) is 1.80.